The molecule has 0 aliphatic heterocycles. The summed E-state index contributed by atoms with van der Waals surface area (Å²) in [5.41, 5.74) is 2.32. The van der Waals surface area contributed by atoms with Crippen LogP contribution in [0.4, 0.5) is 0 Å². The number of rotatable bonds is 8. The first-order valence-corrected chi connectivity index (χ1v) is 8.28. The maximum atomic E-state index is 12.4. The van der Waals surface area contributed by atoms with Crippen molar-refractivity contribution in [2.45, 2.75) is 26.8 Å². The molecule has 2 aromatic rings. The highest BCUT2D eigenvalue weighted by Gasteiger charge is 2.13. The van der Waals surface area contributed by atoms with Crippen LogP contribution in [0.3, 0.4) is 0 Å². The summed E-state index contributed by atoms with van der Waals surface area (Å²) in [4.78, 5) is 14.2. The van der Waals surface area contributed by atoms with Crippen LogP contribution in [0.2, 0.25) is 0 Å². The van der Waals surface area contributed by atoms with Crippen LogP contribution in [0.5, 0.6) is 11.5 Å². The van der Waals surface area contributed by atoms with E-state index in [2.05, 4.69) is 6.92 Å². The lowest BCUT2D eigenvalue weighted by molar-refractivity contribution is -0.133. The molecule has 0 aliphatic carbocycles. The summed E-state index contributed by atoms with van der Waals surface area (Å²) in [5, 5.41) is 0. The van der Waals surface area contributed by atoms with Gasteiger partial charge in [-0.15, -0.1) is 0 Å². The summed E-state index contributed by atoms with van der Waals surface area (Å²) in [5.74, 6) is 1.51. The molecule has 4 heteroatoms. The van der Waals surface area contributed by atoms with Gasteiger partial charge in [-0.05, 0) is 48.7 Å². The second-order valence-corrected chi connectivity index (χ2v) is 5.54. The molecule has 0 heterocycles. The lowest BCUT2D eigenvalue weighted by atomic mass is 10.2. The summed E-state index contributed by atoms with van der Waals surface area (Å²) in [6, 6.07) is 15.6. The predicted molar refractivity (Wildman–Crippen MR) is 95.4 cm³/mol. The van der Waals surface area contributed by atoms with Gasteiger partial charge in [-0.2, -0.15) is 0 Å². The number of amides is 1. The number of benzene rings is 2. The zero-order chi connectivity index (χ0) is 17.4. The first-order valence-electron chi connectivity index (χ1n) is 8.28. The average Bonchev–Trinajstić information content (AvgIpc) is 2.65. The summed E-state index contributed by atoms with van der Waals surface area (Å²) >= 11 is 0. The number of carbonyl (C=O) groups is 1. The van der Waals surface area contributed by atoms with Gasteiger partial charge in [0.1, 0.15) is 11.5 Å². The number of hydrogen-bond donors (Lipinski definition) is 0. The van der Waals surface area contributed by atoms with E-state index in [0.29, 0.717) is 13.1 Å². The van der Waals surface area contributed by atoms with Gasteiger partial charge >= 0.3 is 0 Å². The molecule has 0 unspecified atom stereocenters. The molecule has 128 valence electrons. The van der Waals surface area contributed by atoms with E-state index in [-0.39, 0.29) is 12.5 Å². The molecule has 0 saturated heterocycles. The third kappa shape index (κ3) is 5.01. The lowest BCUT2D eigenvalue weighted by Crippen LogP contribution is -2.34. The second kappa shape index (κ2) is 8.96. The smallest absolute Gasteiger partial charge is 0.260 e. The molecule has 0 radical (unpaired) electrons. The maximum Gasteiger partial charge on any atom is 0.260 e. The lowest BCUT2D eigenvalue weighted by Gasteiger charge is -2.21. The van der Waals surface area contributed by atoms with Crippen LogP contribution >= 0.6 is 0 Å². The van der Waals surface area contributed by atoms with Crippen LogP contribution in [0, 0.1) is 0 Å². The fourth-order valence-corrected chi connectivity index (χ4v) is 2.39. The number of aryl methyl sites for hydroxylation is 1. The van der Waals surface area contributed by atoms with Gasteiger partial charge in [-0.3, -0.25) is 4.79 Å². The first kappa shape index (κ1) is 17.9. The molecule has 0 aliphatic rings. The van der Waals surface area contributed by atoms with E-state index >= 15 is 0 Å². The van der Waals surface area contributed by atoms with Crippen LogP contribution in [0.25, 0.3) is 0 Å². The van der Waals surface area contributed by atoms with Crippen molar-refractivity contribution in [1.29, 1.82) is 0 Å². The van der Waals surface area contributed by atoms with Gasteiger partial charge in [0.15, 0.2) is 6.61 Å². The van der Waals surface area contributed by atoms with Crippen LogP contribution in [-0.4, -0.2) is 31.1 Å². The number of likely N-dealkylation sites (N-methyl/N-ethyl adjacent to an activating group) is 1. The van der Waals surface area contributed by atoms with Crippen LogP contribution in [0.15, 0.2) is 48.5 Å². The van der Waals surface area contributed by atoms with E-state index in [0.717, 1.165) is 23.5 Å². The average molecular weight is 327 g/mol. The Hall–Kier alpha value is -2.49. The number of hydrogen-bond acceptors (Lipinski definition) is 3. The predicted octanol–water partition coefficient (Wildman–Crippen LogP) is 3.69. The molecule has 0 fully saturated rings. The molecule has 4 nitrogen and oxygen atoms in total. The van der Waals surface area contributed by atoms with E-state index in [1.165, 1.54) is 5.56 Å². The standard InChI is InChI=1S/C20H25NO3/c1-4-16-6-12-19(13-7-16)24-15-20(22)21(5-2)14-17-8-10-18(23-3)11-9-17/h6-13H,4-5,14-15H2,1-3H3. The normalized spacial score (nSPS) is 10.3. The van der Waals surface area contributed by atoms with Gasteiger partial charge in [0.05, 0.1) is 7.11 Å². The largest absolute Gasteiger partial charge is 0.497 e. The van der Waals surface area contributed by atoms with Crippen molar-refractivity contribution in [3.05, 3.63) is 59.7 Å². The van der Waals surface area contributed by atoms with Crippen molar-refractivity contribution >= 4 is 5.91 Å². The summed E-state index contributed by atoms with van der Waals surface area (Å²) in [6.45, 7) is 5.34. The Morgan fingerprint density at radius 2 is 1.50 bits per heavy atom. The Balaban J connectivity index is 1.89. The molecule has 0 bridgehead atoms. The van der Waals surface area contributed by atoms with Gasteiger partial charge in [-0.25, -0.2) is 0 Å². The van der Waals surface area contributed by atoms with Gasteiger partial charge in [0.2, 0.25) is 0 Å². The third-order valence-electron chi connectivity index (χ3n) is 3.96. The molecule has 24 heavy (non-hydrogen) atoms. The zero-order valence-corrected chi connectivity index (χ0v) is 14.6. The van der Waals surface area contributed by atoms with Gasteiger partial charge in [0, 0.05) is 13.1 Å². The fraction of sp³-hybridized carbons (Fsp3) is 0.350. The Bertz CT molecular complexity index is 635. The quantitative estimate of drug-likeness (QED) is 0.742. The van der Waals surface area contributed by atoms with Crippen LogP contribution < -0.4 is 9.47 Å². The molecule has 0 aromatic heterocycles. The SMILES string of the molecule is CCc1ccc(OCC(=O)N(CC)Cc2ccc(OC)cc2)cc1. The van der Waals surface area contributed by atoms with E-state index in [1.807, 2.05) is 55.5 Å². The van der Waals surface area contributed by atoms with Gasteiger partial charge in [-0.1, -0.05) is 31.2 Å². The van der Waals surface area contributed by atoms with Gasteiger partial charge in [0.25, 0.3) is 5.91 Å². The molecule has 2 rings (SSSR count). The molecule has 0 N–H and O–H groups in total. The Kier molecular flexibility index (Phi) is 6.67. The summed E-state index contributed by atoms with van der Waals surface area (Å²) < 4.78 is 10.8. The van der Waals surface area contributed by atoms with Gasteiger partial charge < -0.3 is 14.4 Å². The van der Waals surface area contributed by atoms with Crippen molar-refractivity contribution in [2.75, 3.05) is 20.3 Å². The van der Waals surface area contributed by atoms with E-state index in [9.17, 15) is 4.79 Å². The summed E-state index contributed by atoms with van der Waals surface area (Å²) in [6.07, 6.45) is 0.991. The molecular weight excluding hydrogens is 302 g/mol. The van der Waals surface area contributed by atoms with Crippen LogP contribution in [-0.2, 0) is 17.8 Å². The molecule has 0 saturated carbocycles. The number of ether oxygens (including phenoxy) is 2. The molecule has 0 atom stereocenters. The highest BCUT2D eigenvalue weighted by atomic mass is 16.5. The topological polar surface area (TPSA) is 38.8 Å². The molecule has 2 aromatic carbocycles. The van der Waals surface area contributed by atoms with E-state index in [4.69, 9.17) is 9.47 Å². The van der Waals surface area contributed by atoms with E-state index in [1.54, 1.807) is 12.0 Å². The number of carbonyl (C=O) groups excluding carboxylic acids is 1. The number of nitrogens with zero attached hydrogens (tertiary/aromatic N) is 1. The Morgan fingerprint density at radius 1 is 0.917 bits per heavy atom. The highest BCUT2D eigenvalue weighted by Crippen LogP contribution is 2.15. The fourth-order valence-electron chi connectivity index (χ4n) is 2.39. The Morgan fingerprint density at radius 3 is 2.04 bits per heavy atom. The molecular formula is C20H25NO3. The highest BCUT2D eigenvalue weighted by molar-refractivity contribution is 5.77. The first-order chi connectivity index (χ1) is 11.7. The van der Waals surface area contributed by atoms with Crippen molar-refractivity contribution in [3.8, 4) is 11.5 Å². The molecule has 0 spiro atoms. The monoisotopic (exact) mass is 327 g/mol. The number of methoxy groups -OCH3 is 1. The van der Waals surface area contributed by atoms with Crippen molar-refractivity contribution < 1.29 is 14.3 Å². The Labute approximate surface area is 144 Å². The van der Waals surface area contributed by atoms with Crippen molar-refractivity contribution in [1.82, 2.24) is 4.90 Å². The third-order valence-corrected chi connectivity index (χ3v) is 3.96. The van der Waals surface area contributed by atoms with Crippen molar-refractivity contribution in [3.63, 3.8) is 0 Å². The minimum atomic E-state index is -0.0205. The van der Waals surface area contributed by atoms with Crippen molar-refractivity contribution in [2.24, 2.45) is 0 Å². The minimum absolute atomic E-state index is 0.0205. The maximum absolute atomic E-state index is 12.4. The summed E-state index contributed by atoms with van der Waals surface area (Å²) in [7, 11) is 1.64. The minimum Gasteiger partial charge on any atom is -0.497 e. The molecule has 1 amide bonds. The zero-order valence-electron chi connectivity index (χ0n) is 14.6. The van der Waals surface area contributed by atoms with E-state index < -0.39 is 0 Å². The van der Waals surface area contributed by atoms with Crippen LogP contribution in [0.1, 0.15) is 25.0 Å². The second-order valence-electron chi connectivity index (χ2n) is 5.54.